The standard InChI is InChI=1S/C13H19NO2/c1-3-10-11-8-14(9-12(10)11)7-5-6-13(15)16-4-2/h1,10-12H,4-9H2,2H3/t10-,11-,12+. The first-order valence-electron chi connectivity index (χ1n) is 6.10. The van der Waals surface area contributed by atoms with Crippen molar-refractivity contribution in [1.29, 1.82) is 0 Å². The van der Waals surface area contributed by atoms with Gasteiger partial charge in [0.25, 0.3) is 0 Å². The van der Waals surface area contributed by atoms with Gasteiger partial charge >= 0.3 is 5.97 Å². The van der Waals surface area contributed by atoms with Gasteiger partial charge in [0.15, 0.2) is 0 Å². The topological polar surface area (TPSA) is 29.5 Å². The minimum atomic E-state index is -0.0756. The zero-order chi connectivity index (χ0) is 11.5. The second kappa shape index (κ2) is 4.88. The van der Waals surface area contributed by atoms with E-state index >= 15 is 0 Å². The minimum Gasteiger partial charge on any atom is -0.466 e. The average molecular weight is 221 g/mol. The molecule has 1 heterocycles. The Morgan fingerprint density at radius 1 is 1.50 bits per heavy atom. The number of fused-ring (bicyclic) bond motifs is 1. The van der Waals surface area contributed by atoms with Crippen molar-refractivity contribution in [1.82, 2.24) is 4.90 Å². The molecule has 0 aromatic heterocycles. The molecule has 0 aromatic carbocycles. The van der Waals surface area contributed by atoms with Crippen molar-refractivity contribution in [2.45, 2.75) is 19.8 Å². The number of hydrogen-bond acceptors (Lipinski definition) is 3. The Kier molecular flexibility index (Phi) is 3.50. The Labute approximate surface area is 97.1 Å². The summed E-state index contributed by atoms with van der Waals surface area (Å²) in [6, 6.07) is 0. The van der Waals surface area contributed by atoms with Crippen LogP contribution in [0.15, 0.2) is 0 Å². The first kappa shape index (κ1) is 11.5. The fourth-order valence-electron chi connectivity index (χ4n) is 2.72. The van der Waals surface area contributed by atoms with E-state index in [9.17, 15) is 4.79 Å². The number of carbonyl (C=O) groups is 1. The van der Waals surface area contributed by atoms with Gasteiger partial charge in [0.1, 0.15) is 0 Å². The van der Waals surface area contributed by atoms with E-state index in [1.54, 1.807) is 0 Å². The highest BCUT2D eigenvalue weighted by molar-refractivity contribution is 5.69. The van der Waals surface area contributed by atoms with Crippen molar-refractivity contribution in [3.05, 3.63) is 0 Å². The molecule has 0 amide bonds. The highest BCUT2D eigenvalue weighted by Gasteiger charge is 2.54. The Morgan fingerprint density at radius 2 is 2.19 bits per heavy atom. The van der Waals surface area contributed by atoms with Gasteiger partial charge in [-0.2, -0.15) is 0 Å². The maximum atomic E-state index is 11.1. The molecule has 3 atom stereocenters. The van der Waals surface area contributed by atoms with Crippen molar-refractivity contribution >= 4 is 5.97 Å². The summed E-state index contributed by atoms with van der Waals surface area (Å²) in [5, 5.41) is 0. The molecule has 3 nitrogen and oxygen atoms in total. The van der Waals surface area contributed by atoms with Crippen LogP contribution < -0.4 is 0 Å². The van der Waals surface area contributed by atoms with Crippen molar-refractivity contribution in [2.75, 3.05) is 26.2 Å². The Bertz CT molecular complexity index is 296. The normalized spacial score (nSPS) is 31.9. The fourth-order valence-corrected chi connectivity index (χ4v) is 2.72. The molecule has 3 heteroatoms. The molecule has 0 radical (unpaired) electrons. The van der Waals surface area contributed by atoms with E-state index in [0.717, 1.165) is 37.9 Å². The van der Waals surface area contributed by atoms with Crippen LogP contribution in [0.5, 0.6) is 0 Å². The fraction of sp³-hybridized carbons (Fsp3) is 0.769. The van der Waals surface area contributed by atoms with E-state index in [-0.39, 0.29) is 5.97 Å². The van der Waals surface area contributed by atoms with Crippen LogP contribution >= 0.6 is 0 Å². The maximum absolute atomic E-state index is 11.1. The highest BCUT2D eigenvalue weighted by Crippen LogP contribution is 2.51. The van der Waals surface area contributed by atoms with E-state index in [2.05, 4.69) is 10.8 Å². The van der Waals surface area contributed by atoms with Crippen LogP contribution in [0.3, 0.4) is 0 Å². The third kappa shape index (κ3) is 2.38. The van der Waals surface area contributed by atoms with Gasteiger partial charge in [-0.1, -0.05) is 0 Å². The van der Waals surface area contributed by atoms with Gasteiger partial charge < -0.3 is 9.64 Å². The molecule has 1 aliphatic heterocycles. The van der Waals surface area contributed by atoms with Crippen LogP contribution in [0.4, 0.5) is 0 Å². The van der Waals surface area contributed by atoms with E-state index in [1.807, 2.05) is 6.92 Å². The Morgan fingerprint density at radius 3 is 2.75 bits per heavy atom. The van der Waals surface area contributed by atoms with Gasteiger partial charge in [-0.25, -0.2) is 0 Å². The molecule has 1 saturated carbocycles. The van der Waals surface area contributed by atoms with Gasteiger partial charge in [-0.05, 0) is 31.7 Å². The molecular formula is C13H19NO2. The average Bonchev–Trinajstić information content (AvgIpc) is 2.73. The molecule has 2 rings (SSSR count). The molecule has 2 fully saturated rings. The van der Waals surface area contributed by atoms with Gasteiger partial charge in [0, 0.05) is 25.4 Å². The number of terminal acetylenes is 1. The number of carbonyl (C=O) groups excluding carboxylic acids is 1. The van der Waals surface area contributed by atoms with Gasteiger partial charge in [-0.15, -0.1) is 12.3 Å². The molecule has 0 bridgehead atoms. The van der Waals surface area contributed by atoms with Crippen LogP contribution in [0.25, 0.3) is 0 Å². The van der Waals surface area contributed by atoms with Crippen LogP contribution in [-0.4, -0.2) is 37.1 Å². The number of nitrogens with zero attached hydrogens (tertiary/aromatic N) is 1. The van der Waals surface area contributed by atoms with Gasteiger partial charge in [0.2, 0.25) is 0 Å². The zero-order valence-corrected chi connectivity index (χ0v) is 9.82. The number of rotatable bonds is 5. The Balaban J connectivity index is 1.57. The van der Waals surface area contributed by atoms with E-state index in [0.29, 0.717) is 18.9 Å². The predicted molar refractivity (Wildman–Crippen MR) is 61.6 cm³/mol. The molecule has 2 aliphatic rings. The lowest BCUT2D eigenvalue weighted by Crippen LogP contribution is -2.26. The molecular weight excluding hydrogens is 202 g/mol. The number of esters is 1. The summed E-state index contributed by atoms with van der Waals surface area (Å²) in [6.07, 6.45) is 6.85. The lowest BCUT2D eigenvalue weighted by Gasteiger charge is -2.17. The third-order valence-electron chi connectivity index (χ3n) is 3.62. The molecule has 1 saturated heterocycles. The minimum absolute atomic E-state index is 0.0756. The number of hydrogen-bond donors (Lipinski definition) is 0. The summed E-state index contributed by atoms with van der Waals surface area (Å²) >= 11 is 0. The number of ether oxygens (including phenoxy) is 1. The molecule has 0 N–H and O–H groups in total. The summed E-state index contributed by atoms with van der Waals surface area (Å²) < 4.78 is 4.89. The van der Waals surface area contributed by atoms with Crippen LogP contribution in [0, 0.1) is 30.1 Å². The lowest BCUT2D eigenvalue weighted by molar-refractivity contribution is -0.143. The van der Waals surface area contributed by atoms with Gasteiger partial charge in [0.05, 0.1) is 6.61 Å². The van der Waals surface area contributed by atoms with Crippen molar-refractivity contribution in [3.8, 4) is 12.3 Å². The Hall–Kier alpha value is -1.01. The lowest BCUT2D eigenvalue weighted by atomic mass is 10.2. The van der Waals surface area contributed by atoms with E-state index in [1.165, 1.54) is 0 Å². The van der Waals surface area contributed by atoms with Crippen LogP contribution in [-0.2, 0) is 9.53 Å². The van der Waals surface area contributed by atoms with Gasteiger partial charge in [-0.3, -0.25) is 4.79 Å². The second-order valence-corrected chi connectivity index (χ2v) is 4.69. The predicted octanol–water partition coefficient (Wildman–Crippen LogP) is 1.14. The zero-order valence-electron chi connectivity index (χ0n) is 9.82. The molecule has 1 aliphatic carbocycles. The SMILES string of the molecule is C#C[C@@H]1[C@H]2CN(CCCC(=O)OCC)C[C@@H]12. The van der Waals surface area contributed by atoms with Crippen LogP contribution in [0.2, 0.25) is 0 Å². The smallest absolute Gasteiger partial charge is 0.305 e. The van der Waals surface area contributed by atoms with Crippen molar-refractivity contribution in [2.24, 2.45) is 17.8 Å². The largest absolute Gasteiger partial charge is 0.466 e. The first-order valence-corrected chi connectivity index (χ1v) is 6.10. The summed E-state index contributed by atoms with van der Waals surface area (Å²) in [4.78, 5) is 13.5. The highest BCUT2D eigenvalue weighted by atomic mass is 16.5. The van der Waals surface area contributed by atoms with Crippen molar-refractivity contribution < 1.29 is 9.53 Å². The van der Waals surface area contributed by atoms with E-state index < -0.39 is 0 Å². The first-order chi connectivity index (χ1) is 7.76. The number of likely N-dealkylation sites (tertiary alicyclic amines) is 1. The van der Waals surface area contributed by atoms with Crippen LogP contribution in [0.1, 0.15) is 19.8 Å². The maximum Gasteiger partial charge on any atom is 0.305 e. The molecule has 0 spiro atoms. The van der Waals surface area contributed by atoms with Crippen molar-refractivity contribution in [3.63, 3.8) is 0 Å². The number of piperidine rings is 1. The monoisotopic (exact) mass is 221 g/mol. The molecule has 0 aromatic rings. The molecule has 0 unspecified atom stereocenters. The third-order valence-corrected chi connectivity index (χ3v) is 3.62. The molecule has 88 valence electrons. The summed E-state index contributed by atoms with van der Waals surface area (Å²) in [6.45, 7) is 5.58. The second-order valence-electron chi connectivity index (χ2n) is 4.69. The molecule has 16 heavy (non-hydrogen) atoms. The summed E-state index contributed by atoms with van der Waals surface area (Å²) in [5.74, 6) is 4.81. The summed E-state index contributed by atoms with van der Waals surface area (Å²) in [5.41, 5.74) is 0. The summed E-state index contributed by atoms with van der Waals surface area (Å²) in [7, 11) is 0. The van der Waals surface area contributed by atoms with E-state index in [4.69, 9.17) is 11.2 Å². The quantitative estimate of drug-likeness (QED) is 0.515.